The van der Waals surface area contributed by atoms with E-state index in [1.807, 2.05) is 42.5 Å². The van der Waals surface area contributed by atoms with E-state index in [1.165, 1.54) is 5.56 Å². The highest BCUT2D eigenvalue weighted by Crippen LogP contribution is 2.09. The highest BCUT2D eigenvalue weighted by atomic mass is 16.5. The van der Waals surface area contributed by atoms with Gasteiger partial charge in [-0.3, -0.25) is 5.32 Å². The van der Waals surface area contributed by atoms with E-state index in [4.69, 9.17) is 10.5 Å². The van der Waals surface area contributed by atoms with Gasteiger partial charge in [-0.15, -0.1) is 0 Å². The molecule has 3 N–H and O–H groups in total. The van der Waals surface area contributed by atoms with E-state index >= 15 is 0 Å². The molecule has 0 saturated heterocycles. The van der Waals surface area contributed by atoms with Crippen LogP contribution in [0, 0.1) is 0 Å². The molecule has 0 saturated carbocycles. The van der Waals surface area contributed by atoms with E-state index in [2.05, 4.69) is 17.4 Å². The third-order valence-corrected chi connectivity index (χ3v) is 3.12. The summed E-state index contributed by atoms with van der Waals surface area (Å²) in [5, 5.41) is 2.69. The van der Waals surface area contributed by atoms with Crippen molar-refractivity contribution >= 4 is 11.8 Å². The van der Waals surface area contributed by atoms with E-state index in [9.17, 15) is 4.79 Å². The predicted molar refractivity (Wildman–Crippen MR) is 84.1 cm³/mol. The van der Waals surface area contributed by atoms with Gasteiger partial charge in [-0.1, -0.05) is 42.5 Å². The normalized spacial score (nSPS) is 10.1. The zero-order valence-corrected chi connectivity index (χ0v) is 11.9. The lowest BCUT2D eigenvalue weighted by Crippen LogP contribution is -2.14. The first-order valence-electron chi connectivity index (χ1n) is 7.04. The van der Waals surface area contributed by atoms with Crippen LogP contribution in [0.15, 0.2) is 54.6 Å². The quantitative estimate of drug-likeness (QED) is 0.800. The SMILES string of the molecule is NCc1ccc(NC(=O)OCCCc2ccccc2)cc1. The summed E-state index contributed by atoms with van der Waals surface area (Å²) >= 11 is 0. The maximum Gasteiger partial charge on any atom is 0.411 e. The highest BCUT2D eigenvalue weighted by molar-refractivity contribution is 5.84. The molecule has 0 spiro atoms. The predicted octanol–water partition coefficient (Wildman–Crippen LogP) is 3.33. The molecule has 2 aromatic rings. The molecule has 0 radical (unpaired) electrons. The second-order valence-corrected chi connectivity index (χ2v) is 4.75. The summed E-state index contributed by atoms with van der Waals surface area (Å²) in [5.41, 5.74) is 8.50. The number of carbonyl (C=O) groups excluding carboxylic acids is 1. The molecule has 0 bridgehead atoms. The molecule has 0 unspecified atom stereocenters. The Hall–Kier alpha value is -2.33. The summed E-state index contributed by atoms with van der Waals surface area (Å²) < 4.78 is 5.15. The average molecular weight is 284 g/mol. The van der Waals surface area contributed by atoms with Gasteiger partial charge in [0.05, 0.1) is 6.61 Å². The maximum atomic E-state index is 11.6. The molecule has 0 heterocycles. The van der Waals surface area contributed by atoms with Crippen LogP contribution in [0.4, 0.5) is 10.5 Å². The number of benzene rings is 2. The standard InChI is InChI=1S/C17H20N2O2/c18-13-15-8-10-16(11-9-15)19-17(20)21-12-4-7-14-5-2-1-3-6-14/h1-3,5-6,8-11H,4,7,12-13,18H2,(H,19,20). The monoisotopic (exact) mass is 284 g/mol. The van der Waals surface area contributed by atoms with Crippen LogP contribution in [-0.4, -0.2) is 12.7 Å². The van der Waals surface area contributed by atoms with E-state index in [0.717, 1.165) is 18.4 Å². The van der Waals surface area contributed by atoms with Crippen molar-refractivity contribution in [3.63, 3.8) is 0 Å². The number of nitrogens with two attached hydrogens (primary N) is 1. The molecule has 0 fully saturated rings. The Morgan fingerprint density at radius 1 is 1.00 bits per heavy atom. The summed E-state index contributed by atoms with van der Waals surface area (Å²) in [4.78, 5) is 11.6. The van der Waals surface area contributed by atoms with Crippen molar-refractivity contribution in [1.82, 2.24) is 0 Å². The summed E-state index contributed by atoms with van der Waals surface area (Å²) in [5.74, 6) is 0. The number of hydrogen-bond donors (Lipinski definition) is 2. The molecule has 0 aromatic heterocycles. The van der Waals surface area contributed by atoms with Gasteiger partial charge in [0.1, 0.15) is 0 Å². The lowest BCUT2D eigenvalue weighted by molar-refractivity contribution is 0.160. The first-order valence-corrected chi connectivity index (χ1v) is 7.04. The Labute approximate surface area is 124 Å². The topological polar surface area (TPSA) is 64.3 Å². The molecular weight excluding hydrogens is 264 g/mol. The molecule has 2 aromatic carbocycles. The van der Waals surface area contributed by atoms with Crippen molar-refractivity contribution in [1.29, 1.82) is 0 Å². The van der Waals surface area contributed by atoms with Crippen LogP contribution in [0.5, 0.6) is 0 Å². The van der Waals surface area contributed by atoms with Gasteiger partial charge in [0, 0.05) is 12.2 Å². The average Bonchev–Trinajstić information content (AvgIpc) is 2.53. The zero-order chi connectivity index (χ0) is 14.9. The van der Waals surface area contributed by atoms with Crippen molar-refractivity contribution in [2.24, 2.45) is 5.73 Å². The van der Waals surface area contributed by atoms with Gasteiger partial charge in [-0.05, 0) is 36.1 Å². The third kappa shape index (κ3) is 5.28. The molecule has 0 aliphatic heterocycles. The Morgan fingerprint density at radius 3 is 2.38 bits per heavy atom. The number of anilines is 1. The van der Waals surface area contributed by atoms with E-state index < -0.39 is 6.09 Å². The van der Waals surface area contributed by atoms with Gasteiger partial charge in [0.2, 0.25) is 0 Å². The first kappa shape index (κ1) is 15.1. The molecule has 2 rings (SSSR count). The smallest absolute Gasteiger partial charge is 0.411 e. The van der Waals surface area contributed by atoms with Gasteiger partial charge in [-0.25, -0.2) is 4.79 Å². The Kier molecular flexibility index (Phi) is 5.79. The maximum absolute atomic E-state index is 11.6. The zero-order valence-electron chi connectivity index (χ0n) is 11.9. The van der Waals surface area contributed by atoms with Crippen LogP contribution < -0.4 is 11.1 Å². The Morgan fingerprint density at radius 2 is 1.71 bits per heavy atom. The molecular formula is C17H20N2O2. The van der Waals surface area contributed by atoms with Crippen LogP contribution in [0.1, 0.15) is 17.5 Å². The lowest BCUT2D eigenvalue weighted by Gasteiger charge is -2.07. The second-order valence-electron chi connectivity index (χ2n) is 4.75. The van der Waals surface area contributed by atoms with E-state index in [-0.39, 0.29) is 0 Å². The Bertz CT molecular complexity index is 553. The number of hydrogen-bond acceptors (Lipinski definition) is 3. The molecule has 110 valence electrons. The number of carbonyl (C=O) groups is 1. The summed E-state index contributed by atoms with van der Waals surface area (Å²) in [6, 6.07) is 17.5. The fourth-order valence-corrected chi connectivity index (χ4v) is 1.96. The lowest BCUT2D eigenvalue weighted by atomic mass is 10.1. The van der Waals surface area contributed by atoms with Gasteiger partial charge >= 0.3 is 6.09 Å². The minimum absolute atomic E-state index is 0.404. The van der Waals surface area contributed by atoms with Crippen LogP contribution in [0.25, 0.3) is 0 Å². The largest absolute Gasteiger partial charge is 0.449 e. The molecule has 1 amide bonds. The number of nitrogens with one attached hydrogen (secondary N) is 1. The van der Waals surface area contributed by atoms with Crippen LogP contribution in [-0.2, 0) is 17.7 Å². The number of rotatable bonds is 6. The van der Waals surface area contributed by atoms with E-state index in [0.29, 0.717) is 18.8 Å². The number of aryl methyl sites for hydroxylation is 1. The highest BCUT2D eigenvalue weighted by Gasteiger charge is 2.03. The van der Waals surface area contributed by atoms with Crippen molar-refractivity contribution in [2.45, 2.75) is 19.4 Å². The molecule has 4 nitrogen and oxygen atoms in total. The third-order valence-electron chi connectivity index (χ3n) is 3.12. The van der Waals surface area contributed by atoms with E-state index in [1.54, 1.807) is 0 Å². The number of ether oxygens (including phenoxy) is 1. The molecule has 21 heavy (non-hydrogen) atoms. The molecule has 0 aliphatic rings. The summed E-state index contributed by atoms with van der Waals surface area (Å²) in [6.45, 7) is 0.895. The van der Waals surface area contributed by atoms with Crippen LogP contribution in [0.2, 0.25) is 0 Å². The fourth-order valence-electron chi connectivity index (χ4n) is 1.96. The second kappa shape index (κ2) is 8.07. The van der Waals surface area contributed by atoms with Gasteiger partial charge in [0.25, 0.3) is 0 Å². The molecule has 4 heteroatoms. The van der Waals surface area contributed by atoms with Crippen molar-refractivity contribution in [3.8, 4) is 0 Å². The van der Waals surface area contributed by atoms with Gasteiger partial charge < -0.3 is 10.5 Å². The van der Waals surface area contributed by atoms with Crippen molar-refractivity contribution in [3.05, 3.63) is 65.7 Å². The fraction of sp³-hybridized carbons (Fsp3) is 0.235. The Balaban J connectivity index is 1.67. The summed E-state index contributed by atoms with van der Waals surface area (Å²) in [6.07, 6.45) is 1.28. The minimum atomic E-state index is -0.427. The van der Waals surface area contributed by atoms with Crippen molar-refractivity contribution in [2.75, 3.05) is 11.9 Å². The van der Waals surface area contributed by atoms with Crippen LogP contribution in [0.3, 0.4) is 0 Å². The first-order chi connectivity index (χ1) is 10.3. The molecule has 0 atom stereocenters. The number of amides is 1. The van der Waals surface area contributed by atoms with Crippen molar-refractivity contribution < 1.29 is 9.53 Å². The minimum Gasteiger partial charge on any atom is -0.449 e. The van der Waals surface area contributed by atoms with Crippen LogP contribution >= 0.6 is 0 Å². The van der Waals surface area contributed by atoms with Gasteiger partial charge in [-0.2, -0.15) is 0 Å². The van der Waals surface area contributed by atoms with Gasteiger partial charge in [0.15, 0.2) is 0 Å². The summed E-state index contributed by atoms with van der Waals surface area (Å²) in [7, 11) is 0. The molecule has 0 aliphatic carbocycles.